The molecule has 0 bridgehead atoms. The van der Waals surface area contributed by atoms with Crippen LogP contribution in [-0.4, -0.2) is 28.9 Å². The minimum absolute atomic E-state index is 0.190. The van der Waals surface area contributed by atoms with Gasteiger partial charge in [-0.05, 0) is 24.6 Å². The van der Waals surface area contributed by atoms with Gasteiger partial charge in [0.15, 0.2) is 0 Å². The lowest BCUT2D eigenvalue weighted by atomic mass is 9.93. The van der Waals surface area contributed by atoms with Crippen molar-refractivity contribution < 1.29 is 14.0 Å². The first-order valence-corrected chi connectivity index (χ1v) is 6.51. The fourth-order valence-electron chi connectivity index (χ4n) is 2.53. The predicted octanol–water partition coefficient (Wildman–Crippen LogP) is 3.03. The number of likely N-dealkylation sites (tertiary alicyclic amines) is 1. The molecule has 1 aromatic rings. The fraction of sp³-hybridized carbons (Fsp3) is 0.500. The highest BCUT2D eigenvalue weighted by Crippen LogP contribution is 2.20. The number of rotatable bonds is 3. The minimum Gasteiger partial charge on any atom is -0.411 e. The molecule has 1 aliphatic rings. The van der Waals surface area contributed by atoms with E-state index in [9.17, 15) is 8.78 Å². The first-order chi connectivity index (χ1) is 9.13. The Balaban J connectivity index is 2.06. The summed E-state index contributed by atoms with van der Waals surface area (Å²) in [5.41, 5.74) is 1.18. The van der Waals surface area contributed by atoms with Gasteiger partial charge in [0.05, 0.1) is 5.71 Å². The molecule has 1 saturated heterocycles. The van der Waals surface area contributed by atoms with Crippen molar-refractivity contribution in [3.63, 3.8) is 0 Å². The van der Waals surface area contributed by atoms with E-state index >= 15 is 0 Å². The van der Waals surface area contributed by atoms with Crippen LogP contribution in [0.4, 0.5) is 8.78 Å². The van der Waals surface area contributed by atoms with E-state index in [-0.39, 0.29) is 11.7 Å². The molecule has 19 heavy (non-hydrogen) atoms. The van der Waals surface area contributed by atoms with Crippen LogP contribution >= 0.6 is 0 Å². The molecule has 1 aliphatic heterocycles. The Labute approximate surface area is 111 Å². The summed E-state index contributed by atoms with van der Waals surface area (Å²) in [4.78, 5) is 2.07. The Morgan fingerprint density at radius 1 is 1.42 bits per heavy atom. The van der Waals surface area contributed by atoms with E-state index in [1.54, 1.807) is 0 Å². The largest absolute Gasteiger partial charge is 0.411 e. The topological polar surface area (TPSA) is 35.8 Å². The molecule has 0 amide bonds. The van der Waals surface area contributed by atoms with Gasteiger partial charge in [0.1, 0.15) is 11.6 Å². The SMILES string of the molecule is CCC1CN(Cc2cc(F)ccc2F)CC/C1=N\O. The molecular formula is C14H18F2N2O. The normalized spacial score (nSPS) is 22.9. The van der Waals surface area contributed by atoms with Gasteiger partial charge in [0.2, 0.25) is 0 Å². The molecule has 0 spiro atoms. The van der Waals surface area contributed by atoms with Crippen molar-refractivity contribution in [3.8, 4) is 0 Å². The molecule has 1 N–H and O–H groups in total. The summed E-state index contributed by atoms with van der Waals surface area (Å²) in [5, 5.41) is 12.2. The molecular weight excluding hydrogens is 250 g/mol. The maximum absolute atomic E-state index is 13.6. The molecule has 0 aromatic heterocycles. The van der Waals surface area contributed by atoms with Gasteiger partial charge < -0.3 is 5.21 Å². The quantitative estimate of drug-likeness (QED) is 0.675. The summed E-state index contributed by atoms with van der Waals surface area (Å²) in [6.45, 7) is 3.83. The second-order valence-electron chi connectivity index (χ2n) is 4.92. The second kappa shape index (κ2) is 6.10. The van der Waals surface area contributed by atoms with Crippen LogP contribution in [0.5, 0.6) is 0 Å². The number of hydrogen-bond acceptors (Lipinski definition) is 3. The maximum atomic E-state index is 13.6. The molecule has 1 atom stereocenters. The number of halogens is 2. The van der Waals surface area contributed by atoms with Gasteiger partial charge in [-0.15, -0.1) is 0 Å². The van der Waals surface area contributed by atoms with Crippen LogP contribution < -0.4 is 0 Å². The van der Waals surface area contributed by atoms with E-state index in [4.69, 9.17) is 5.21 Å². The highest BCUT2D eigenvalue weighted by molar-refractivity contribution is 5.87. The average Bonchev–Trinajstić information content (AvgIpc) is 2.42. The minimum atomic E-state index is -0.418. The molecule has 0 aliphatic carbocycles. The van der Waals surface area contributed by atoms with Crippen molar-refractivity contribution >= 4 is 5.71 Å². The molecule has 2 rings (SSSR count). The third-order valence-electron chi connectivity index (χ3n) is 3.66. The van der Waals surface area contributed by atoms with Crippen LogP contribution in [0.1, 0.15) is 25.3 Å². The highest BCUT2D eigenvalue weighted by Gasteiger charge is 2.25. The van der Waals surface area contributed by atoms with Gasteiger partial charge in [0, 0.05) is 37.5 Å². The van der Waals surface area contributed by atoms with E-state index in [2.05, 4.69) is 10.1 Å². The zero-order valence-electron chi connectivity index (χ0n) is 10.9. The van der Waals surface area contributed by atoms with E-state index in [0.29, 0.717) is 31.6 Å². The monoisotopic (exact) mass is 268 g/mol. The number of piperidine rings is 1. The molecule has 1 heterocycles. The van der Waals surface area contributed by atoms with E-state index < -0.39 is 5.82 Å². The number of benzene rings is 1. The molecule has 1 unspecified atom stereocenters. The summed E-state index contributed by atoms with van der Waals surface area (Å²) in [6, 6.07) is 3.53. The first-order valence-electron chi connectivity index (χ1n) is 6.51. The van der Waals surface area contributed by atoms with Crippen molar-refractivity contribution in [2.75, 3.05) is 13.1 Å². The molecule has 0 radical (unpaired) electrons. The van der Waals surface area contributed by atoms with Gasteiger partial charge in [-0.2, -0.15) is 0 Å². The van der Waals surface area contributed by atoms with Crippen LogP contribution in [0.25, 0.3) is 0 Å². The van der Waals surface area contributed by atoms with Gasteiger partial charge in [-0.1, -0.05) is 12.1 Å². The Kier molecular flexibility index (Phi) is 4.47. The van der Waals surface area contributed by atoms with Crippen LogP contribution in [0.15, 0.2) is 23.4 Å². The third kappa shape index (κ3) is 3.29. The summed E-state index contributed by atoms with van der Waals surface area (Å²) < 4.78 is 26.7. The molecule has 5 heteroatoms. The summed E-state index contributed by atoms with van der Waals surface area (Å²) >= 11 is 0. The Hall–Kier alpha value is -1.49. The summed E-state index contributed by atoms with van der Waals surface area (Å²) in [7, 11) is 0. The zero-order valence-corrected chi connectivity index (χ0v) is 10.9. The van der Waals surface area contributed by atoms with E-state index in [0.717, 1.165) is 24.3 Å². The van der Waals surface area contributed by atoms with Crippen LogP contribution in [-0.2, 0) is 6.54 Å². The molecule has 0 saturated carbocycles. The summed E-state index contributed by atoms with van der Waals surface area (Å²) in [6.07, 6.45) is 1.55. The second-order valence-corrected chi connectivity index (χ2v) is 4.92. The van der Waals surface area contributed by atoms with Gasteiger partial charge in [-0.3, -0.25) is 4.90 Å². The van der Waals surface area contributed by atoms with Crippen molar-refractivity contribution in [3.05, 3.63) is 35.4 Å². The lowest BCUT2D eigenvalue weighted by Crippen LogP contribution is -2.40. The van der Waals surface area contributed by atoms with Crippen LogP contribution in [0.2, 0.25) is 0 Å². The van der Waals surface area contributed by atoms with Crippen molar-refractivity contribution in [1.82, 2.24) is 4.90 Å². The predicted molar refractivity (Wildman–Crippen MR) is 69.3 cm³/mol. The van der Waals surface area contributed by atoms with E-state index in [1.807, 2.05) is 6.92 Å². The first kappa shape index (κ1) is 13.9. The maximum Gasteiger partial charge on any atom is 0.127 e. The van der Waals surface area contributed by atoms with Crippen LogP contribution in [0.3, 0.4) is 0 Å². The lowest BCUT2D eigenvalue weighted by Gasteiger charge is -2.32. The smallest absolute Gasteiger partial charge is 0.127 e. The average molecular weight is 268 g/mol. The molecule has 3 nitrogen and oxygen atoms in total. The Morgan fingerprint density at radius 2 is 2.21 bits per heavy atom. The molecule has 104 valence electrons. The van der Waals surface area contributed by atoms with Crippen molar-refractivity contribution in [1.29, 1.82) is 0 Å². The van der Waals surface area contributed by atoms with Gasteiger partial charge >= 0.3 is 0 Å². The van der Waals surface area contributed by atoms with Gasteiger partial charge in [-0.25, -0.2) is 8.78 Å². The molecule has 1 fully saturated rings. The highest BCUT2D eigenvalue weighted by atomic mass is 19.1. The van der Waals surface area contributed by atoms with Crippen LogP contribution in [0, 0.1) is 17.6 Å². The lowest BCUT2D eigenvalue weighted by molar-refractivity contribution is 0.218. The number of nitrogens with zero attached hydrogens (tertiary/aromatic N) is 2. The standard InChI is InChI=1S/C14H18F2N2O/c1-2-10-8-18(6-5-14(10)17-19)9-11-7-12(15)3-4-13(11)16/h3-4,7,10,19H,2,5-6,8-9H2,1H3/b17-14+. The Morgan fingerprint density at radius 3 is 2.89 bits per heavy atom. The van der Waals surface area contributed by atoms with Crippen molar-refractivity contribution in [2.24, 2.45) is 11.1 Å². The number of oxime groups is 1. The van der Waals surface area contributed by atoms with Crippen molar-refractivity contribution in [2.45, 2.75) is 26.3 Å². The fourth-order valence-corrected chi connectivity index (χ4v) is 2.53. The zero-order chi connectivity index (χ0) is 13.8. The Bertz CT molecular complexity index is 477. The van der Waals surface area contributed by atoms with E-state index in [1.165, 1.54) is 6.07 Å². The number of hydrogen-bond donors (Lipinski definition) is 1. The van der Waals surface area contributed by atoms with Gasteiger partial charge in [0.25, 0.3) is 0 Å². The third-order valence-corrected chi connectivity index (χ3v) is 3.66. The summed E-state index contributed by atoms with van der Waals surface area (Å²) in [5.74, 6) is -0.607. The molecule has 1 aromatic carbocycles.